The first-order valence-corrected chi connectivity index (χ1v) is 7.75. The Hall–Kier alpha value is -1.72. The van der Waals surface area contributed by atoms with E-state index in [1.165, 1.54) is 10.9 Å². The van der Waals surface area contributed by atoms with Gasteiger partial charge in [0.2, 0.25) is 5.28 Å². The number of aryl methyl sites for hydroxylation is 2. The van der Waals surface area contributed by atoms with Crippen molar-refractivity contribution in [3.63, 3.8) is 0 Å². The number of aromatic nitrogens is 2. The Labute approximate surface area is 130 Å². The Balaban J connectivity index is 2.08. The Morgan fingerprint density at radius 3 is 2.81 bits per heavy atom. The van der Waals surface area contributed by atoms with Crippen molar-refractivity contribution < 1.29 is 4.39 Å². The molecule has 0 aliphatic heterocycles. The molecule has 0 saturated heterocycles. The van der Waals surface area contributed by atoms with E-state index in [0.29, 0.717) is 11.5 Å². The Kier molecular flexibility index (Phi) is 3.78. The molecule has 0 spiro atoms. The van der Waals surface area contributed by atoms with Crippen LogP contribution in [0.15, 0.2) is 24.3 Å². The number of nitrogens with one attached hydrogen (secondary N) is 1. The average Bonchev–Trinajstić information content (AvgIpc) is 2.85. The number of anilines is 2. The van der Waals surface area contributed by atoms with E-state index in [9.17, 15) is 4.39 Å². The quantitative estimate of drug-likeness (QED) is 0.682. The number of hydrogen-bond acceptors (Lipinski definition) is 4. The fourth-order valence-electron chi connectivity index (χ4n) is 2.06. The van der Waals surface area contributed by atoms with Crippen molar-refractivity contribution >= 4 is 44.7 Å². The summed E-state index contributed by atoms with van der Waals surface area (Å²) in [4.78, 5) is 10.4. The number of hydrogen-bond donors (Lipinski definition) is 1. The predicted molar refractivity (Wildman–Crippen MR) is 86.2 cm³/mol. The van der Waals surface area contributed by atoms with Gasteiger partial charge in [0.25, 0.3) is 0 Å². The molecule has 3 rings (SSSR count). The van der Waals surface area contributed by atoms with Crippen LogP contribution in [0.3, 0.4) is 0 Å². The highest BCUT2D eigenvalue weighted by atomic mass is 35.5. The molecule has 108 valence electrons. The van der Waals surface area contributed by atoms with Gasteiger partial charge in [0.15, 0.2) is 0 Å². The summed E-state index contributed by atoms with van der Waals surface area (Å²) in [6, 6.07) is 7.04. The predicted octanol–water partition coefficient (Wildman–Crippen LogP) is 5.10. The Morgan fingerprint density at radius 2 is 2.10 bits per heavy atom. The van der Waals surface area contributed by atoms with E-state index >= 15 is 0 Å². The van der Waals surface area contributed by atoms with Crippen molar-refractivity contribution in [2.24, 2.45) is 0 Å². The van der Waals surface area contributed by atoms with E-state index in [1.807, 2.05) is 19.1 Å². The van der Waals surface area contributed by atoms with Crippen LogP contribution >= 0.6 is 22.9 Å². The summed E-state index contributed by atoms with van der Waals surface area (Å²) < 4.78 is 14.0. The molecule has 0 bridgehead atoms. The summed E-state index contributed by atoms with van der Waals surface area (Å²) in [5.74, 6) is 0.215. The third-order valence-corrected chi connectivity index (χ3v) is 4.48. The number of benzene rings is 1. The normalized spacial score (nSPS) is 11.0. The Bertz CT molecular complexity index is 816. The van der Waals surface area contributed by atoms with Gasteiger partial charge in [0.05, 0.1) is 11.1 Å². The van der Waals surface area contributed by atoms with E-state index in [1.54, 1.807) is 17.4 Å². The molecule has 0 aliphatic carbocycles. The molecule has 0 radical (unpaired) electrons. The molecule has 0 amide bonds. The molecule has 0 saturated carbocycles. The fraction of sp³-hybridized carbons (Fsp3) is 0.200. The minimum atomic E-state index is -0.316. The van der Waals surface area contributed by atoms with Crippen molar-refractivity contribution in [2.45, 2.75) is 20.3 Å². The van der Waals surface area contributed by atoms with Gasteiger partial charge in [0, 0.05) is 4.88 Å². The molecule has 0 unspecified atom stereocenters. The van der Waals surface area contributed by atoms with Crippen LogP contribution in [0, 0.1) is 12.7 Å². The standard InChI is InChI=1S/C15H13ClFN3S/c1-3-9-7-10-13(19-15(16)20-14(10)21-9)18-12-5-4-8(2)6-11(12)17/h4-7H,3H2,1-2H3,(H,18,19,20). The van der Waals surface area contributed by atoms with Crippen LogP contribution in [0.1, 0.15) is 17.4 Å². The summed E-state index contributed by atoms with van der Waals surface area (Å²) >= 11 is 7.53. The van der Waals surface area contributed by atoms with Crippen molar-refractivity contribution in [1.29, 1.82) is 0 Å². The maximum atomic E-state index is 14.0. The summed E-state index contributed by atoms with van der Waals surface area (Å²) in [5.41, 5.74) is 1.24. The summed E-state index contributed by atoms with van der Waals surface area (Å²) in [6.07, 6.45) is 0.914. The van der Waals surface area contributed by atoms with Gasteiger partial charge >= 0.3 is 0 Å². The van der Waals surface area contributed by atoms with Crippen LogP contribution in [-0.4, -0.2) is 9.97 Å². The molecule has 21 heavy (non-hydrogen) atoms. The van der Waals surface area contributed by atoms with Crippen LogP contribution in [0.5, 0.6) is 0 Å². The molecule has 0 fully saturated rings. The SMILES string of the molecule is CCc1cc2c(Nc3ccc(C)cc3F)nc(Cl)nc2s1. The average molecular weight is 322 g/mol. The monoisotopic (exact) mass is 321 g/mol. The second-order valence-electron chi connectivity index (χ2n) is 4.73. The van der Waals surface area contributed by atoms with E-state index < -0.39 is 0 Å². The zero-order valence-electron chi connectivity index (χ0n) is 11.6. The summed E-state index contributed by atoms with van der Waals surface area (Å²) in [7, 11) is 0. The largest absolute Gasteiger partial charge is 0.337 e. The first-order valence-electron chi connectivity index (χ1n) is 6.56. The second-order valence-corrected chi connectivity index (χ2v) is 6.19. The second kappa shape index (κ2) is 5.58. The van der Waals surface area contributed by atoms with Gasteiger partial charge in [-0.05, 0) is 48.7 Å². The molecule has 1 aromatic carbocycles. The zero-order valence-corrected chi connectivity index (χ0v) is 13.1. The topological polar surface area (TPSA) is 37.8 Å². The number of fused-ring (bicyclic) bond motifs is 1. The maximum absolute atomic E-state index is 14.0. The molecule has 0 aliphatic rings. The third kappa shape index (κ3) is 2.84. The van der Waals surface area contributed by atoms with E-state index in [-0.39, 0.29) is 11.1 Å². The first-order chi connectivity index (χ1) is 10.1. The lowest BCUT2D eigenvalue weighted by Crippen LogP contribution is -1.98. The number of rotatable bonds is 3. The van der Waals surface area contributed by atoms with Crippen LogP contribution in [0.25, 0.3) is 10.2 Å². The van der Waals surface area contributed by atoms with E-state index in [0.717, 1.165) is 22.2 Å². The highest BCUT2D eigenvalue weighted by molar-refractivity contribution is 7.18. The highest BCUT2D eigenvalue weighted by Gasteiger charge is 2.12. The maximum Gasteiger partial charge on any atom is 0.225 e. The fourth-order valence-corrected chi connectivity index (χ4v) is 3.25. The molecular weight excluding hydrogens is 309 g/mol. The highest BCUT2D eigenvalue weighted by Crippen LogP contribution is 2.32. The first kappa shape index (κ1) is 14.2. The summed E-state index contributed by atoms with van der Waals surface area (Å²) in [6.45, 7) is 3.92. The van der Waals surface area contributed by atoms with Gasteiger partial charge in [0.1, 0.15) is 16.5 Å². The molecule has 3 aromatic rings. The molecule has 2 heterocycles. The third-order valence-electron chi connectivity index (χ3n) is 3.14. The van der Waals surface area contributed by atoms with Crippen molar-refractivity contribution in [1.82, 2.24) is 9.97 Å². The van der Waals surface area contributed by atoms with E-state index in [4.69, 9.17) is 11.6 Å². The van der Waals surface area contributed by atoms with Crippen molar-refractivity contribution in [3.8, 4) is 0 Å². The lowest BCUT2D eigenvalue weighted by molar-refractivity contribution is 0.630. The lowest BCUT2D eigenvalue weighted by Gasteiger charge is -2.08. The Morgan fingerprint density at radius 1 is 1.29 bits per heavy atom. The minimum absolute atomic E-state index is 0.155. The molecular formula is C15H13ClFN3S. The van der Waals surface area contributed by atoms with Gasteiger partial charge in [-0.2, -0.15) is 4.98 Å². The van der Waals surface area contributed by atoms with E-state index in [2.05, 4.69) is 22.2 Å². The van der Waals surface area contributed by atoms with Crippen LogP contribution in [0.4, 0.5) is 15.9 Å². The van der Waals surface area contributed by atoms with Gasteiger partial charge in [-0.25, -0.2) is 9.37 Å². The van der Waals surface area contributed by atoms with Gasteiger partial charge in [-0.3, -0.25) is 0 Å². The lowest BCUT2D eigenvalue weighted by atomic mass is 10.2. The summed E-state index contributed by atoms with van der Waals surface area (Å²) in [5, 5.41) is 4.03. The molecule has 6 heteroatoms. The number of nitrogens with zero attached hydrogens (tertiary/aromatic N) is 2. The molecule has 0 atom stereocenters. The van der Waals surface area contributed by atoms with Gasteiger partial charge in [-0.1, -0.05) is 13.0 Å². The van der Waals surface area contributed by atoms with Gasteiger partial charge < -0.3 is 5.32 Å². The molecule has 2 aromatic heterocycles. The zero-order chi connectivity index (χ0) is 15.0. The molecule has 3 nitrogen and oxygen atoms in total. The van der Waals surface area contributed by atoms with Gasteiger partial charge in [-0.15, -0.1) is 11.3 Å². The van der Waals surface area contributed by atoms with Crippen LogP contribution in [0.2, 0.25) is 5.28 Å². The number of halogens is 2. The smallest absolute Gasteiger partial charge is 0.225 e. The molecule has 1 N–H and O–H groups in total. The van der Waals surface area contributed by atoms with Crippen molar-refractivity contribution in [3.05, 3.63) is 45.8 Å². The van der Waals surface area contributed by atoms with Crippen LogP contribution in [-0.2, 0) is 6.42 Å². The van der Waals surface area contributed by atoms with Crippen LogP contribution < -0.4 is 5.32 Å². The number of thiophene rings is 1. The van der Waals surface area contributed by atoms with Crippen molar-refractivity contribution in [2.75, 3.05) is 5.32 Å². The minimum Gasteiger partial charge on any atom is -0.337 e.